The van der Waals surface area contributed by atoms with E-state index in [1.165, 1.54) is 11.8 Å². The first kappa shape index (κ1) is 18.2. The molecule has 0 radical (unpaired) electrons. The average Bonchev–Trinajstić information content (AvgIpc) is 3.02. The van der Waals surface area contributed by atoms with Gasteiger partial charge in [0, 0.05) is 21.4 Å². The molecule has 25 heavy (non-hydrogen) atoms. The molecule has 1 aliphatic heterocycles. The molecule has 1 aromatic heterocycles. The molecule has 2 heterocycles. The molecule has 2 aromatic rings. The highest BCUT2D eigenvalue weighted by atomic mass is 79.9. The number of halogens is 1. The smallest absolute Gasteiger partial charge is 0.285 e. The SMILES string of the molecule is CCOc1ccc(Br)cc1/C=C1/SC(=S)N(n2c(C)ccc2C)C1=O. The third kappa shape index (κ3) is 3.54. The number of aryl methyl sites for hydroxylation is 2. The van der Waals surface area contributed by atoms with E-state index in [1.54, 1.807) is 5.01 Å². The van der Waals surface area contributed by atoms with Crippen molar-refractivity contribution in [2.24, 2.45) is 0 Å². The summed E-state index contributed by atoms with van der Waals surface area (Å²) in [5.41, 5.74) is 2.78. The zero-order valence-electron chi connectivity index (χ0n) is 14.1. The standard InChI is InChI=1S/C18H17BrN2O2S2/c1-4-23-15-8-7-14(19)9-13(15)10-16-17(22)21(18(24)25-16)20-11(2)5-6-12(20)3/h5-10H,4H2,1-3H3/b16-10+. The van der Waals surface area contributed by atoms with Crippen molar-refractivity contribution in [1.29, 1.82) is 0 Å². The maximum atomic E-state index is 13.0. The minimum absolute atomic E-state index is 0.125. The molecule has 0 saturated carbocycles. The zero-order chi connectivity index (χ0) is 18.1. The first-order valence-corrected chi connectivity index (χ1v) is 9.79. The second-order valence-corrected chi connectivity index (χ2v) is 8.13. The summed E-state index contributed by atoms with van der Waals surface area (Å²) in [5.74, 6) is 0.615. The molecule has 0 atom stereocenters. The van der Waals surface area contributed by atoms with E-state index in [9.17, 15) is 4.79 Å². The molecule has 0 aliphatic carbocycles. The number of nitrogens with zero attached hydrogens (tertiary/aromatic N) is 2. The lowest BCUT2D eigenvalue weighted by Crippen LogP contribution is -2.39. The van der Waals surface area contributed by atoms with Crippen molar-refractivity contribution in [3.05, 3.63) is 56.7 Å². The Balaban J connectivity index is 2.00. The predicted octanol–water partition coefficient (Wildman–Crippen LogP) is 4.80. The normalized spacial score (nSPS) is 16.2. The summed E-state index contributed by atoms with van der Waals surface area (Å²) in [6.45, 7) is 6.40. The number of hydrogen-bond acceptors (Lipinski definition) is 4. The van der Waals surface area contributed by atoms with Gasteiger partial charge in [-0.3, -0.25) is 9.47 Å². The minimum atomic E-state index is -0.125. The number of aromatic nitrogens is 1. The third-order valence-corrected chi connectivity index (χ3v) is 5.54. The van der Waals surface area contributed by atoms with Gasteiger partial charge in [0.15, 0.2) is 4.32 Å². The Morgan fingerprint density at radius 2 is 1.92 bits per heavy atom. The molecule has 0 spiro atoms. The van der Waals surface area contributed by atoms with Crippen molar-refractivity contribution in [2.75, 3.05) is 11.6 Å². The van der Waals surface area contributed by atoms with Gasteiger partial charge < -0.3 is 4.74 Å². The van der Waals surface area contributed by atoms with Crippen LogP contribution < -0.4 is 9.75 Å². The molecule has 7 heteroatoms. The molecule has 0 N–H and O–H groups in total. The highest BCUT2D eigenvalue weighted by Gasteiger charge is 2.34. The lowest BCUT2D eigenvalue weighted by molar-refractivity contribution is -0.114. The first-order valence-electron chi connectivity index (χ1n) is 7.78. The van der Waals surface area contributed by atoms with Crippen molar-refractivity contribution < 1.29 is 9.53 Å². The summed E-state index contributed by atoms with van der Waals surface area (Å²) in [5, 5.41) is 1.55. The molecule has 1 aromatic carbocycles. The van der Waals surface area contributed by atoms with Crippen LogP contribution in [0.5, 0.6) is 5.75 Å². The fourth-order valence-corrected chi connectivity index (χ4v) is 4.28. The summed E-state index contributed by atoms with van der Waals surface area (Å²) in [6.07, 6.45) is 1.84. The molecule has 0 bridgehead atoms. The van der Waals surface area contributed by atoms with Gasteiger partial charge in [0.05, 0.1) is 11.5 Å². The van der Waals surface area contributed by atoms with Crippen LogP contribution in [0.2, 0.25) is 0 Å². The van der Waals surface area contributed by atoms with Gasteiger partial charge in [-0.2, -0.15) is 5.01 Å². The third-order valence-electron chi connectivity index (χ3n) is 3.77. The monoisotopic (exact) mass is 436 g/mol. The summed E-state index contributed by atoms with van der Waals surface area (Å²) >= 11 is 10.2. The average molecular weight is 437 g/mol. The molecule has 1 fully saturated rings. The van der Waals surface area contributed by atoms with Gasteiger partial charge in [0.25, 0.3) is 5.91 Å². The van der Waals surface area contributed by atoms with Crippen LogP contribution in [0.1, 0.15) is 23.9 Å². The van der Waals surface area contributed by atoms with Crippen LogP contribution in [-0.2, 0) is 4.79 Å². The van der Waals surface area contributed by atoms with Crippen molar-refractivity contribution >= 4 is 56.2 Å². The molecule has 130 valence electrons. The quantitative estimate of drug-likeness (QED) is 0.508. The summed E-state index contributed by atoms with van der Waals surface area (Å²) < 4.78 is 8.96. The van der Waals surface area contributed by atoms with Gasteiger partial charge in [-0.1, -0.05) is 27.7 Å². The van der Waals surface area contributed by atoms with Crippen LogP contribution in [0, 0.1) is 13.8 Å². The molecule has 1 amide bonds. The topological polar surface area (TPSA) is 34.5 Å². The van der Waals surface area contributed by atoms with E-state index in [-0.39, 0.29) is 5.91 Å². The maximum absolute atomic E-state index is 13.0. The van der Waals surface area contributed by atoms with Gasteiger partial charge >= 0.3 is 0 Å². The van der Waals surface area contributed by atoms with Crippen molar-refractivity contribution in [3.63, 3.8) is 0 Å². The van der Waals surface area contributed by atoms with Crippen LogP contribution in [0.15, 0.2) is 39.7 Å². The van der Waals surface area contributed by atoms with Gasteiger partial charge in [-0.05, 0) is 69.4 Å². The highest BCUT2D eigenvalue weighted by molar-refractivity contribution is 9.10. The number of hydrogen-bond donors (Lipinski definition) is 0. The Hall–Kier alpha value is -1.57. The molecule has 1 aliphatic rings. The van der Waals surface area contributed by atoms with Gasteiger partial charge in [-0.15, -0.1) is 0 Å². The Labute approximate surface area is 164 Å². The number of ether oxygens (including phenoxy) is 1. The Morgan fingerprint density at radius 1 is 1.24 bits per heavy atom. The van der Waals surface area contributed by atoms with E-state index in [1.807, 2.05) is 61.9 Å². The number of carbonyl (C=O) groups is 1. The van der Waals surface area contributed by atoms with E-state index in [2.05, 4.69) is 15.9 Å². The largest absolute Gasteiger partial charge is 0.493 e. The van der Waals surface area contributed by atoms with Crippen LogP contribution in [0.3, 0.4) is 0 Å². The summed E-state index contributed by atoms with van der Waals surface area (Å²) in [4.78, 5) is 13.5. The van der Waals surface area contributed by atoms with Crippen LogP contribution in [0.4, 0.5) is 0 Å². The molecule has 1 saturated heterocycles. The lowest BCUT2D eigenvalue weighted by Gasteiger charge is -2.20. The van der Waals surface area contributed by atoms with E-state index >= 15 is 0 Å². The van der Waals surface area contributed by atoms with Crippen molar-refractivity contribution in [2.45, 2.75) is 20.8 Å². The van der Waals surface area contributed by atoms with E-state index < -0.39 is 0 Å². The van der Waals surface area contributed by atoms with Gasteiger partial charge in [0.2, 0.25) is 0 Å². The molecule has 4 nitrogen and oxygen atoms in total. The Bertz CT molecular complexity index is 870. The lowest BCUT2D eigenvalue weighted by atomic mass is 10.2. The number of thiocarbonyl (C=S) groups is 1. The minimum Gasteiger partial charge on any atom is -0.493 e. The zero-order valence-corrected chi connectivity index (χ0v) is 17.3. The van der Waals surface area contributed by atoms with Crippen LogP contribution in [-0.4, -0.2) is 21.5 Å². The first-order chi connectivity index (χ1) is 11.9. The Kier molecular flexibility index (Phi) is 5.36. The summed E-state index contributed by atoms with van der Waals surface area (Å²) in [6, 6.07) is 9.68. The van der Waals surface area contributed by atoms with E-state index in [0.29, 0.717) is 15.8 Å². The van der Waals surface area contributed by atoms with Gasteiger partial charge in [0.1, 0.15) is 5.75 Å². The highest BCUT2D eigenvalue weighted by Crippen LogP contribution is 2.35. The fourth-order valence-electron chi connectivity index (χ4n) is 2.67. The Morgan fingerprint density at radius 3 is 2.56 bits per heavy atom. The second kappa shape index (κ2) is 7.35. The molecular formula is C18H17BrN2O2S2. The molecule has 0 unspecified atom stereocenters. The van der Waals surface area contributed by atoms with Crippen LogP contribution in [0.25, 0.3) is 6.08 Å². The van der Waals surface area contributed by atoms with E-state index in [0.717, 1.165) is 27.2 Å². The van der Waals surface area contributed by atoms with Crippen LogP contribution >= 0.6 is 39.9 Å². The predicted molar refractivity (Wildman–Crippen MR) is 111 cm³/mol. The van der Waals surface area contributed by atoms with Crippen molar-refractivity contribution in [1.82, 2.24) is 4.68 Å². The fraction of sp³-hybridized carbons (Fsp3) is 0.222. The maximum Gasteiger partial charge on any atom is 0.285 e. The number of carbonyl (C=O) groups excluding carboxylic acids is 1. The molecular weight excluding hydrogens is 420 g/mol. The summed E-state index contributed by atoms with van der Waals surface area (Å²) in [7, 11) is 0. The number of rotatable bonds is 4. The van der Waals surface area contributed by atoms with E-state index in [4.69, 9.17) is 17.0 Å². The van der Waals surface area contributed by atoms with Gasteiger partial charge in [-0.25, -0.2) is 0 Å². The molecule has 3 rings (SSSR count). The number of benzene rings is 1. The number of amides is 1. The van der Waals surface area contributed by atoms with Crippen molar-refractivity contribution in [3.8, 4) is 5.75 Å². The second-order valence-electron chi connectivity index (χ2n) is 5.54. The number of thioether (sulfide) groups is 1.